The number of hydrogen-bond acceptors (Lipinski definition) is 10. The Morgan fingerprint density at radius 2 is 1.57 bits per heavy atom. The van der Waals surface area contributed by atoms with E-state index in [-0.39, 0.29) is 63.7 Å². The van der Waals surface area contributed by atoms with Crippen LogP contribution in [0.2, 0.25) is 18.1 Å². The smallest absolute Gasteiger partial charge is 0.353 e. The van der Waals surface area contributed by atoms with Crippen LogP contribution in [0, 0.1) is 16.0 Å². The van der Waals surface area contributed by atoms with Crippen LogP contribution in [0.5, 0.6) is 5.88 Å². The molecule has 4 rings (SSSR count). The number of ether oxygens (including phenoxy) is 2. The third kappa shape index (κ3) is 9.98. The zero-order valence-electron chi connectivity index (χ0n) is 35.7. The number of hydrogen-bond donors (Lipinski definition) is 0. The third-order valence-corrected chi connectivity index (χ3v) is 17.0. The second-order valence-electron chi connectivity index (χ2n) is 17.8. The molecule has 0 aliphatic carbocycles. The standard InChI is InChI=1S/C42H63N3O9SSi/c1-15-35-36(54-56(13,14)42(10,11)12)22-37(52-35)44-23-30(24-51-38(28(8)9)31-18-16-17-19-34(31)45(47)48)40(43-41(44)46)53-55(49,50)39-32(26(4)5)20-29(25(2)3)21-33(39)27(6)7/h16-21,23,25-28,35-38H,15,22,24H2,1-14H3/t35-,36-,37-,38+/m1/s1. The second-order valence-corrected chi connectivity index (χ2v) is 24.0. The van der Waals surface area contributed by atoms with Gasteiger partial charge in [0.1, 0.15) is 11.1 Å². The number of nitro groups is 1. The molecule has 2 heterocycles. The van der Waals surface area contributed by atoms with Crippen LogP contribution in [0.25, 0.3) is 0 Å². The normalized spacial score (nSPS) is 18.7. The van der Waals surface area contributed by atoms with Gasteiger partial charge in [0.2, 0.25) is 5.88 Å². The van der Waals surface area contributed by atoms with E-state index in [1.807, 2.05) is 60.6 Å². The fraction of sp³-hybridized carbons (Fsp3) is 0.619. The Balaban J connectivity index is 1.86. The van der Waals surface area contributed by atoms with Crippen molar-refractivity contribution in [2.45, 2.75) is 168 Å². The topological polar surface area (TPSA) is 149 Å². The van der Waals surface area contributed by atoms with Gasteiger partial charge < -0.3 is 18.1 Å². The molecule has 56 heavy (non-hydrogen) atoms. The summed E-state index contributed by atoms with van der Waals surface area (Å²) in [6.45, 7) is 28.2. The molecule has 1 fully saturated rings. The first kappa shape index (κ1) is 45.3. The van der Waals surface area contributed by atoms with Gasteiger partial charge in [-0.05, 0) is 71.0 Å². The van der Waals surface area contributed by atoms with E-state index in [0.717, 1.165) is 5.56 Å². The average molecular weight is 814 g/mol. The number of nitro benzene ring substituents is 1. The Morgan fingerprint density at radius 1 is 0.982 bits per heavy atom. The predicted octanol–water partition coefficient (Wildman–Crippen LogP) is 10.3. The van der Waals surface area contributed by atoms with Gasteiger partial charge in [-0.15, -0.1) is 0 Å². The molecular formula is C42H63N3O9SSi. The molecule has 14 heteroatoms. The van der Waals surface area contributed by atoms with Crippen molar-refractivity contribution in [3.63, 3.8) is 0 Å². The summed E-state index contributed by atoms with van der Waals surface area (Å²) in [5.74, 6) is -0.810. The third-order valence-electron chi connectivity index (χ3n) is 11.1. The van der Waals surface area contributed by atoms with Gasteiger partial charge >= 0.3 is 15.8 Å². The highest BCUT2D eigenvalue weighted by Crippen LogP contribution is 2.42. The molecule has 310 valence electrons. The number of para-hydroxylation sites is 1. The molecule has 12 nitrogen and oxygen atoms in total. The largest absolute Gasteiger partial charge is 0.411 e. The lowest BCUT2D eigenvalue weighted by Gasteiger charge is -2.39. The summed E-state index contributed by atoms with van der Waals surface area (Å²) in [5.41, 5.74) is 1.91. The maximum atomic E-state index is 14.5. The van der Waals surface area contributed by atoms with Gasteiger partial charge in [0.15, 0.2) is 8.32 Å². The lowest BCUT2D eigenvalue weighted by atomic mass is 9.89. The SMILES string of the molecule is CC[C@H]1O[C@@H](n2cc(CO[C@H](c3ccccc3[N+](=O)[O-])C(C)C)c(OS(=O)(=O)c3c(C(C)C)cc(C(C)C)cc3C(C)C)nc2=O)C[C@H]1O[Si](C)(C)C(C)(C)C. The zero-order chi connectivity index (χ0) is 42.1. The number of aromatic nitrogens is 2. The molecule has 0 unspecified atom stereocenters. The van der Waals surface area contributed by atoms with Crippen LogP contribution in [-0.4, -0.2) is 43.4 Å². The molecule has 0 bridgehead atoms. The Morgan fingerprint density at radius 3 is 2.07 bits per heavy atom. The molecule has 2 aromatic carbocycles. The van der Waals surface area contributed by atoms with E-state index in [2.05, 4.69) is 52.7 Å². The Bertz CT molecular complexity index is 2010. The summed E-state index contributed by atoms with van der Waals surface area (Å²) in [6, 6.07) is 10.2. The summed E-state index contributed by atoms with van der Waals surface area (Å²) in [7, 11) is -6.77. The van der Waals surface area contributed by atoms with E-state index in [4.69, 9.17) is 18.1 Å². The highest BCUT2D eigenvalue weighted by atomic mass is 32.2. The van der Waals surface area contributed by atoms with Crippen LogP contribution in [0.1, 0.15) is 154 Å². The average Bonchev–Trinajstić information content (AvgIpc) is 3.49. The van der Waals surface area contributed by atoms with Gasteiger partial charge in [-0.2, -0.15) is 13.4 Å². The van der Waals surface area contributed by atoms with E-state index in [0.29, 0.717) is 29.5 Å². The molecule has 0 amide bonds. The monoisotopic (exact) mass is 813 g/mol. The van der Waals surface area contributed by atoms with Crippen molar-refractivity contribution in [3.8, 4) is 5.88 Å². The fourth-order valence-electron chi connectivity index (χ4n) is 6.82. The molecule has 0 spiro atoms. The van der Waals surface area contributed by atoms with Crippen molar-refractivity contribution < 1.29 is 31.4 Å². The van der Waals surface area contributed by atoms with Gasteiger partial charge in [-0.25, -0.2) is 4.79 Å². The maximum Gasteiger partial charge on any atom is 0.353 e. The summed E-state index contributed by atoms with van der Waals surface area (Å²) in [4.78, 5) is 29.8. The second kappa shape index (κ2) is 17.6. The minimum Gasteiger partial charge on any atom is -0.411 e. The van der Waals surface area contributed by atoms with E-state index < -0.39 is 47.3 Å². The molecule has 4 atom stereocenters. The first-order valence-corrected chi connectivity index (χ1v) is 24.1. The van der Waals surface area contributed by atoms with Crippen LogP contribution in [0.4, 0.5) is 5.69 Å². The zero-order valence-corrected chi connectivity index (χ0v) is 37.5. The fourth-order valence-corrected chi connectivity index (χ4v) is 9.78. The molecular weight excluding hydrogens is 751 g/mol. The number of benzene rings is 2. The van der Waals surface area contributed by atoms with E-state index in [1.54, 1.807) is 18.2 Å². The quantitative estimate of drug-likeness (QED) is 0.0592. The van der Waals surface area contributed by atoms with Gasteiger partial charge in [0.25, 0.3) is 5.69 Å². The lowest BCUT2D eigenvalue weighted by Crippen LogP contribution is -2.45. The maximum absolute atomic E-state index is 14.5. The van der Waals surface area contributed by atoms with Crippen LogP contribution in [0.3, 0.4) is 0 Å². The first-order valence-electron chi connectivity index (χ1n) is 19.8. The summed E-state index contributed by atoms with van der Waals surface area (Å²) < 4.78 is 56.0. The number of nitrogens with zero attached hydrogens (tertiary/aromatic N) is 3. The highest BCUT2D eigenvalue weighted by Gasteiger charge is 2.45. The molecule has 3 aromatic rings. The van der Waals surface area contributed by atoms with E-state index in [9.17, 15) is 23.3 Å². The predicted molar refractivity (Wildman–Crippen MR) is 221 cm³/mol. The molecule has 0 radical (unpaired) electrons. The van der Waals surface area contributed by atoms with E-state index >= 15 is 0 Å². The van der Waals surface area contributed by atoms with Crippen molar-refractivity contribution >= 4 is 24.1 Å². The first-order chi connectivity index (χ1) is 25.9. The van der Waals surface area contributed by atoms with Crippen LogP contribution >= 0.6 is 0 Å². The Labute approximate surface area is 334 Å². The van der Waals surface area contributed by atoms with Crippen LogP contribution in [0.15, 0.2) is 52.3 Å². The molecule has 1 aliphatic rings. The van der Waals surface area contributed by atoms with Crippen molar-refractivity contribution in [3.05, 3.63) is 91.0 Å². The van der Waals surface area contributed by atoms with Gasteiger partial charge in [0.05, 0.1) is 41.0 Å². The molecule has 1 aliphatic heterocycles. The molecule has 0 saturated carbocycles. The molecule has 0 N–H and O–H groups in total. The molecule has 1 aromatic heterocycles. The summed E-state index contributed by atoms with van der Waals surface area (Å²) in [6.07, 6.45) is 0.462. The number of rotatable bonds is 16. The van der Waals surface area contributed by atoms with Gasteiger partial charge in [-0.1, -0.05) is 107 Å². The minimum absolute atomic E-state index is 0.0441. The van der Waals surface area contributed by atoms with Gasteiger partial charge in [-0.3, -0.25) is 14.7 Å². The van der Waals surface area contributed by atoms with Crippen molar-refractivity contribution in [2.75, 3.05) is 0 Å². The van der Waals surface area contributed by atoms with Crippen molar-refractivity contribution in [1.82, 2.24) is 9.55 Å². The Kier molecular flexibility index (Phi) is 14.2. The summed E-state index contributed by atoms with van der Waals surface area (Å²) in [5, 5.41) is 12.0. The van der Waals surface area contributed by atoms with Gasteiger partial charge in [0, 0.05) is 18.7 Å². The molecule has 1 saturated heterocycles. The van der Waals surface area contributed by atoms with Crippen LogP contribution < -0.4 is 9.87 Å². The van der Waals surface area contributed by atoms with Crippen molar-refractivity contribution in [2.24, 2.45) is 5.92 Å². The lowest BCUT2D eigenvalue weighted by molar-refractivity contribution is -0.386. The highest BCUT2D eigenvalue weighted by molar-refractivity contribution is 7.87. The van der Waals surface area contributed by atoms with E-state index in [1.165, 1.54) is 16.8 Å². The summed E-state index contributed by atoms with van der Waals surface area (Å²) >= 11 is 0. The minimum atomic E-state index is -4.56. The van der Waals surface area contributed by atoms with Crippen molar-refractivity contribution in [1.29, 1.82) is 0 Å². The Hall–Kier alpha value is -3.43. The van der Waals surface area contributed by atoms with Crippen LogP contribution in [-0.2, 0) is 30.6 Å².